The first-order chi connectivity index (χ1) is 9.70. The van der Waals surface area contributed by atoms with Crippen LogP contribution < -0.4 is 20.9 Å². The van der Waals surface area contributed by atoms with Gasteiger partial charge in [-0.25, -0.2) is 9.59 Å². The van der Waals surface area contributed by atoms with Crippen molar-refractivity contribution < 1.29 is 9.59 Å². The lowest BCUT2D eigenvalue weighted by Gasteiger charge is -2.14. The van der Waals surface area contributed by atoms with Crippen molar-refractivity contribution in [1.29, 1.82) is 0 Å². The maximum absolute atomic E-state index is 11.6. The summed E-state index contributed by atoms with van der Waals surface area (Å²) in [5.74, 6) is 0. The van der Waals surface area contributed by atoms with Crippen LogP contribution in [0, 0.1) is 0 Å². The molecule has 1 aromatic rings. The Labute approximate surface area is 118 Å². The highest BCUT2D eigenvalue weighted by Crippen LogP contribution is 2.19. The fourth-order valence-corrected chi connectivity index (χ4v) is 2.00. The highest BCUT2D eigenvalue weighted by molar-refractivity contribution is 5.94. The van der Waals surface area contributed by atoms with E-state index in [0.717, 1.165) is 18.5 Å². The van der Waals surface area contributed by atoms with Crippen LogP contribution in [-0.4, -0.2) is 31.7 Å². The maximum Gasteiger partial charge on any atom is 0.321 e. The summed E-state index contributed by atoms with van der Waals surface area (Å²) in [5.41, 5.74) is 1.54. The molecule has 0 spiro atoms. The van der Waals surface area contributed by atoms with E-state index >= 15 is 0 Å². The highest BCUT2D eigenvalue weighted by Gasteiger charge is 2.20. The number of hydrogen-bond acceptors (Lipinski definition) is 2. The van der Waals surface area contributed by atoms with Gasteiger partial charge in [-0.3, -0.25) is 4.90 Å². The summed E-state index contributed by atoms with van der Waals surface area (Å²) in [5, 5.41) is 8.30. The van der Waals surface area contributed by atoms with Crippen molar-refractivity contribution in [3.8, 4) is 0 Å². The van der Waals surface area contributed by atoms with Gasteiger partial charge < -0.3 is 16.0 Å². The lowest BCUT2D eigenvalue weighted by Crippen LogP contribution is -2.29. The lowest BCUT2D eigenvalue weighted by molar-refractivity contribution is 0.251. The minimum Gasteiger partial charge on any atom is -0.338 e. The minimum atomic E-state index is -0.204. The Kier molecular flexibility index (Phi) is 4.81. The number of carbonyl (C=O) groups is 2. The van der Waals surface area contributed by atoms with Gasteiger partial charge in [-0.05, 0) is 30.7 Å². The zero-order valence-corrected chi connectivity index (χ0v) is 11.6. The number of hydrogen-bond donors (Lipinski definition) is 3. The van der Waals surface area contributed by atoms with Crippen molar-refractivity contribution in [2.24, 2.45) is 0 Å². The average Bonchev–Trinajstić information content (AvgIpc) is 2.86. The van der Waals surface area contributed by atoms with Crippen LogP contribution >= 0.6 is 0 Å². The second-order valence-corrected chi connectivity index (χ2v) is 4.66. The Morgan fingerprint density at radius 2 is 2.10 bits per heavy atom. The first-order valence-corrected chi connectivity index (χ1v) is 6.91. The molecule has 0 bridgehead atoms. The summed E-state index contributed by atoms with van der Waals surface area (Å²) < 4.78 is 0. The van der Waals surface area contributed by atoms with E-state index in [4.69, 9.17) is 0 Å². The van der Waals surface area contributed by atoms with Gasteiger partial charge in [-0.1, -0.05) is 13.3 Å². The fraction of sp³-hybridized carbons (Fsp3) is 0.429. The Hall–Kier alpha value is -2.24. The zero-order valence-electron chi connectivity index (χ0n) is 11.6. The fourth-order valence-electron chi connectivity index (χ4n) is 2.00. The Bertz CT molecular complexity index is 473. The van der Waals surface area contributed by atoms with E-state index in [2.05, 4.69) is 22.9 Å². The van der Waals surface area contributed by atoms with Crippen molar-refractivity contribution >= 4 is 23.4 Å². The normalized spacial score (nSPS) is 14.1. The molecule has 0 radical (unpaired) electrons. The number of urea groups is 2. The molecule has 6 nitrogen and oxygen atoms in total. The van der Waals surface area contributed by atoms with E-state index in [-0.39, 0.29) is 12.1 Å². The van der Waals surface area contributed by atoms with Gasteiger partial charge in [-0.2, -0.15) is 0 Å². The molecule has 108 valence electrons. The van der Waals surface area contributed by atoms with Gasteiger partial charge in [0.15, 0.2) is 0 Å². The third kappa shape index (κ3) is 3.63. The molecule has 1 aromatic carbocycles. The number of nitrogens with zero attached hydrogens (tertiary/aromatic N) is 1. The number of benzene rings is 1. The number of anilines is 2. The standard InChI is InChI=1S/C14H20N4O2/c1-2-3-8-15-13(19)17-11-4-6-12(7-5-11)18-10-9-16-14(18)20/h4-7H,2-3,8-10H2,1H3,(H,16,20)(H2,15,17,19). The highest BCUT2D eigenvalue weighted by atomic mass is 16.2. The molecule has 1 saturated heterocycles. The summed E-state index contributed by atoms with van der Waals surface area (Å²) in [4.78, 5) is 24.8. The van der Waals surface area contributed by atoms with Crippen LogP contribution in [-0.2, 0) is 0 Å². The topological polar surface area (TPSA) is 73.5 Å². The summed E-state index contributed by atoms with van der Waals surface area (Å²) in [6.07, 6.45) is 2.02. The number of nitrogens with one attached hydrogen (secondary N) is 3. The van der Waals surface area contributed by atoms with Gasteiger partial charge in [-0.15, -0.1) is 0 Å². The summed E-state index contributed by atoms with van der Waals surface area (Å²) in [6, 6.07) is 6.95. The van der Waals surface area contributed by atoms with E-state index in [1.807, 2.05) is 12.1 Å². The van der Waals surface area contributed by atoms with Crippen LogP contribution in [0.5, 0.6) is 0 Å². The third-order valence-corrected chi connectivity index (χ3v) is 3.11. The number of amides is 4. The van der Waals surface area contributed by atoms with Crippen molar-refractivity contribution in [1.82, 2.24) is 10.6 Å². The first kappa shape index (κ1) is 14.2. The molecular formula is C14H20N4O2. The van der Waals surface area contributed by atoms with Crippen LogP contribution in [0.1, 0.15) is 19.8 Å². The second kappa shape index (κ2) is 6.79. The Balaban J connectivity index is 1.88. The zero-order chi connectivity index (χ0) is 14.4. The Morgan fingerprint density at radius 1 is 1.35 bits per heavy atom. The van der Waals surface area contributed by atoms with E-state index in [0.29, 0.717) is 25.3 Å². The monoisotopic (exact) mass is 276 g/mol. The molecular weight excluding hydrogens is 256 g/mol. The predicted octanol–water partition coefficient (Wildman–Crippen LogP) is 2.14. The molecule has 0 atom stereocenters. The lowest BCUT2D eigenvalue weighted by atomic mass is 10.2. The van der Waals surface area contributed by atoms with Gasteiger partial charge in [0, 0.05) is 31.0 Å². The molecule has 0 aliphatic carbocycles. The van der Waals surface area contributed by atoms with E-state index in [1.54, 1.807) is 17.0 Å². The Morgan fingerprint density at radius 3 is 2.70 bits per heavy atom. The number of rotatable bonds is 5. The molecule has 2 rings (SSSR count). The predicted molar refractivity (Wildman–Crippen MR) is 79.1 cm³/mol. The van der Waals surface area contributed by atoms with Gasteiger partial charge in [0.2, 0.25) is 0 Å². The summed E-state index contributed by atoms with van der Waals surface area (Å²) in [6.45, 7) is 4.09. The van der Waals surface area contributed by atoms with Crippen molar-refractivity contribution in [3.05, 3.63) is 24.3 Å². The molecule has 20 heavy (non-hydrogen) atoms. The molecule has 1 aliphatic heterocycles. The SMILES string of the molecule is CCCCNC(=O)Nc1ccc(N2CCNC2=O)cc1. The van der Waals surface area contributed by atoms with Crippen molar-refractivity contribution in [2.75, 3.05) is 29.9 Å². The van der Waals surface area contributed by atoms with Crippen LogP contribution in [0.15, 0.2) is 24.3 Å². The van der Waals surface area contributed by atoms with Crippen LogP contribution in [0.4, 0.5) is 21.0 Å². The van der Waals surface area contributed by atoms with Gasteiger partial charge in [0.1, 0.15) is 0 Å². The van der Waals surface area contributed by atoms with Crippen LogP contribution in [0.25, 0.3) is 0 Å². The second-order valence-electron chi connectivity index (χ2n) is 4.66. The van der Waals surface area contributed by atoms with E-state index in [1.165, 1.54) is 0 Å². The maximum atomic E-state index is 11.6. The molecule has 1 aliphatic rings. The molecule has 0 unspecified atom stereocenters. The van der Waals surface area contributed by atoms with E-state index < -0.39 is 0 Å². The smallest absolute Gasteiger partial charge is 0.321 e. The third-order valence-electron chi connectivity index (χ3n) is 3.11. The largest absolute Gasteiger partial charge is 0.338 e. The minimum absolute atomic E-state index is 0.0805. The molecule has 0 saturated carbocycles. The molecule has 0 aromatic heterocycles. The van der Waals surface area contributed by atoms with Crippen molar-refractivity contribution in [3.63, 3.8) is 0 Å². The molecule has 1 heterocycles. The van der Waals surface area contributed by atoms with Crippen LogP contribution in [0.2, 0.25) is 0 Å². The first-order valence-electron chi connectivity index (χ1n) is 6.91. The molecule has 1 fully saturated rings. The van der Waals surface area contributed by atoms with Crippen LogP contribution in [0.3, 0.4) is 0 Å². The summed E-state index contributed by atoms with van der Waals surface area (Å²) >= 11 is 0. The number of carbonyl (C=O) groups excluding carboxylic acids is 2. The summed E-state index contributed by atoms with van der Waals surface area (Å²) in [7, 11) is 0. The van der Waals surface area contributed by atoms with Gasteiger partial charge in [0.25, 0.3) is 0 Å². The van der Waals surface area contributed by atoms with E-state index in [9.17, 15) is 9.59 Å². The number of unbranched alkanes of at least 4 members (excludes halogenated alkanes) is 1. The molecule has 6 heteroatoms. The molecule has 3 N–H and O–H groups in total. The van der Waals surface area contributed by atoms with Gasteiger partial charge >= 0.3 is 12.1 Å². The van der Waals surface area contributed by atoms with Crippen molar-refractivity contribution in [2.45, 2.75) is 19.8 Å². The van der Waals surface area contributed by atoms with Gasteiger partial charge in [0.05, 0.1) is 0 Å². The quantitative estimate of drug-likeness (QED) is 0.721. The average molecular weight is 276 g/mol. The molecule has 4 amide bonds.